The lowest BCUT2D eigenvalue weighted by atomic mass is 10.2. The highest BCUT2D eigenvalue weighted by molar-refractivity contribution is 7.89. The Balaban J connectivity index is 1.55. The lowest BCUT2D eigenvalue weighted by Crippen LogP contribution is -2.40. The van der Waals surface area contributed by atoms with E-state index in [9.17, 15) is 23.3 Å². The molecular weight excluding hydrogens is 464 g/mol. The van der Waals surface area contributed by atoms with Gasteiger partial charge in [0.05, 0.1) is 34.4 Å². The molecular formula is C22H26N4O7S. The number of nitrogens with one attached hydrogen (secondary N) is 1. The van der Waals surface area contributed by atoms with Crippen LogP contribution in [0.1, 0.15) is 12.8 Å². The zero-order valence-corrected chi connectivity index (χ0v) is 19.3. The second-order valence-corrected chi connectivity index (χ2v) is 9.89. The number of morpholine rings is 1. The first-order chi connectivity index (χ1) is 16.4. The molecule has 0 saturated carbocycles. The third-order valence-corrected chi connectivity index (χ3v) is 7.61. The number of nitro groups is 1. The molecule has 2 saturated heterocycles. The number of ether oxygens (including phenoxy) is 2. The van der Waals surface area contributed by atoms with E-state index in [1.165, 1.54) is 28.6 Å². The molecule has 4 rings (SSSR count). The molecule has 0 unspecified atom stereocenters. The summed E-state index contributed by atoms with van der Waals surface area (Å²) in [5.41, 5.74) is 0.830. The Morgan fingerprint density at radius 3 is 2.50 bits per heavy atom. The molecule has 0 aliphatic carbocycles. The van der Waals surface area contributed by atoms with E-state index in [1.807, 2.05) is 0 Å². The van der Waals surface area contributed by atoms with E-state index in [0.29, 0.717) is 18.9 Å². The predicted octanol–water partition coefficient (Wildman–Crippen LogP) is 2.23. The van der Waals surface area contributed by atoms with Crippen molar-refractivity contribution in [2.24, 2.45) is 0 Å². The Labute approximate surface area is 197 Å². The topological polar surface area (TPSA) is 131 Å². The van der Waals surface area contributed by atoms with Gasteiger partial charge in [0.2, 0.25) is 10.0 Å². The molecule has 1 N–H and O–H groups in total. The van der Waals surface area contributed by atoms with E-state index in [4.69, 9.17) is 9.47 Å². The van der Waals surface area contributed by atoms with Crippen molar-refractivity contribution < 1.29 is 27.6 Å². The molecule has 0 atom stereocenters. The first-order valence-corrected chi connectivity index (χ1v) is 12.4. The smallest absolute Gasteiger partial charge is 0.310 e. The molecule has 34 heavy (non-hydrogen) atoms. The Kier molecular flexibility index (Phi) is 7.29. The van der Waals surface area contributed by atoms with Gasteiger partial charge in [-0.25, -0.2) is 8.42 Å². The summed E-state index contributed by atoms with van der Waals surface area (Å²) < 4.78 is 38.3. The summed E-state index contributed by atoms with van der Waals surface area (Å²) in [6.07, 6.45) is 2.00. The number of sulfonamides is 1. The zero-order valence-electron chi connectivity index (χ0n) is 18.5. The molecule has 11 nitrogen and oxygen atoms in total. The number of hydrogen-bond donors (Lipinski definition) is 1. The highest BCUT2D eigenvalue weighted by Gasteiger charge is 2.28. The Hall–Kier alpha value is -3.22. The first-order valence-electron chi connectivity index (χ1n) is 11.0. The summed E-state index contributed by atoms with van der Waals surface area (Å²) in [6.45, 7) is 2.32. The van der Waals surface area contributed by atoms with E-state index < -0.39 is 27.5 Å². The highest BCUT2D eigenvalue weighted by Crippen LogP contribution is 2.33. The van der Waals surface area contributed by atoms with Crippen molar-refractivity contribution in [3.63, 3.8) is 0 Å². The molecule has 2 aliphatic heterocycles. The molecule has 2 aliphatic rings. The van der Waals surface area contributed by atoms with Crippen LogP contribution in [0.4, 0.5) is 17.1 Å². The van der Waals surface area contributed by atoms with E-state index in [0.717, 1.165) is 31.6 Å². The van der Waals surface area contributed by atoms with Crippen molar-refractivity contribution in [2.45, 2.75) is 17.7 Å². The number of hydrogen-bond acceptors (Lipinski definition) is 8. The van der Waals surface area contributed by atoms with Crippen LogP contribution < -0.4 is 15.0 Å². The maximum absolute atomic E-state index is 13.1. The zero-order chi connectivity index (χ0) is 24.1. The van der Waals surface area contributed by atoms with Gasteiger partial charge in [-0.1, -0.05) is 12.1 Å². The minimum Gasteiger partial charge on any atom is -0.477 e. The third-order valence-electron chi connectivity index (χ3n) is 5.72. The van der Waals surface area contributed by atoms with Crippen LogP contribution in [0.3, 0.4) is 0 Å². The molecule has 0 bridgehead atoms. The van der Waals surface area contributed by atoms with Crippen LogP contribution in [0.5, 0.6) is 5.75 Å². The maximum Gasteiger partial charge on any atom is 0.310 e. The number of nitrogens with zero attached hydrogens (tertiary/aromatic N) is 3. The molecule has 2 aromatic carbocycles. The second-order valence-electron chi connectivity index (χ2n) is 7.95. The number of anilines is 2. The average molecular weight is 491 g/mol. The highest BCUT2D eigenvalue weighted by atomic mass is 32.2. The van der Waals surface area contributed by atoms with Crippen molar-refractivity contribution in [1.29, 1.82) is 0 Å². The van der Waals surface area contributed by atoms with Crippen molar-refractivity contribution >= 4 is 33.0 Å². The van der Waals surface area contributed by atoms with Gasteiger partial charge in [0.15, 0.2) is 12.4 Å². The van der Waals surface area contributed by atoms with Gasteiger partial charge in [-0.2, -0.15) is 4.31 Å². The number of nitro benzene ring substituents is 1. The van der Waals surface area contributed by atoms with Crippen molar-refractivity contribution in [1.82, 2.24) is 4.31 Å². The van der Waals surface area contributed by atoms with Crippen molar-refractivity contribution in [3.05, 3.63) is 52.6 Å². The second kappa shape index (κ2) is 10.4. The van der Waals surface area contributed by atoms with E-state index in [2.05, 4.69) is 10.2 Å². The number of benzene rings is 2. The Morgan fingerprint density at radius 1 is 1.09 bits per heavy atom. The Bertz CT molecular complexity index is 1160. The molecule has 1 amide bonds. The van der Waals surface area contributed by atoms with Crippen molar-refractivity contribution in [3.8, 4) is 5.75 Å². The minimum atomic E-state index is -3.75. The van der Waals surface area contributed by atoms with Gasteiger partial charge in [0.1, 0.15) is 0 Å². The monoisotopic (exact) mass is 490 g/mol. The van der Waals surface area contributed by atoms with Gasteiger partial charge < -0.3 is 19.7 Å². The van der Waals surface area contributed by atoms with Crippen molar-refractivity contribution in [2.75, 3.05) is 56.2 Å². The summed E-state index contributed by atoms with van der Waals surface area (Å²) in [5, 5.41) is 13.9. The minimum absolute atomic E-state index is 0.0222. The summed E-state index contributed by atoms with van der Waals surface area (Å²) in [7, 11) is -3.75. The lowest BCUT2D eigenvalue weighted by Gasteiger charge is -2.27. The van der Waals surface area contributed by atoms with Crippen LogP contribution in [0.2, 0.25) is 0 Å². The van der Waals surface area contributed by atoms with Gasteiger partial charge in [-0.05, 0) is 37.1 Å². The van der Waals surface area contributed by atoms with E-state index >= 15 is 0 Å². The predicted molar refractivity (Wildman–Crippen MR) is 125 cm³/mol. The number of carbonyl (C=O) groups excluding carboxylic acids is 1. The van der Waals surface area contributed by atoms with Crippen LogP contribution in [-0.2, 0) is 19.6 Å². The lowest BCUT2D eigenvalue weighted by molar-refractivity contribution is -0.385. The van der Waals surface area contributed by atoms with E-state index in [-0.39, 0.29) is 29.4 Å². The maximum atomic E-state index is 13.1. The third kappa shape index (κ3) is 5.29. The molecule has 0 aromatic heterocycles. The van der Waals surface area contributed by atoms with E-state index in [1.54, 1.807) is 18.2 Å². The van der Waals surface area contributed by atoms with Crippen LogP contribution in [0.15, 0.2) is 47.4 Å². The SMILES string of the molecule is O=C(COc1ccccc1[N+](=O)[O-])Nc1cc(S(=O)(=O)N2CCOCC2)ccc1N1CCCC1. The van der Waals surface area contributed by atoms with Crippen LogP contribution in [-0.4, -0.2) is 69.6 Å². The standard InChI is InChI=1S/C22H26N4O7S/c27-22(16-33-21-6-2-1-5-20(21)26(28)29)23-18-15-17(7-8-19(18)24-9-3-4-10-24)34(30,31)25-11-13-32-14-12-25/h1-2,5-8,15H,3-4,9-14,16H2,(H,23,27). The average Bonchev–Trinajstić information content (AvgIpc) is 3.38. The van der Waals surface area contributed by atoms with Gasteiger partial charge >= 0.3 is 5.69 Å². The fraction of sp³-hybridized carbons (Fsp3) is 0.409. The molecule has 2 fully saturated rings. The molecule has 2 aromatic rings. The van der Waals surface area contributed by atoms with Crippen LogP contribution >= 0.6 is 0 Å². The summed E-state index contributed by atoms with van der Waals surface area (Å²) >= 11 is 0. The summed E-state index contributed by atoms with van der Waals surface area (Å²) in [4.78, 5) is 25.4. The van der Waals surface area contributed by atoms with Crippen LogP contribution in [0.25, 0.3) is 0 Å². The molecule has 12 heteroatoms. The fourth-order valence-corrected chi connectivity index (χ4v) is 5.44. The summed E-state index contributed by atoms with van der Waals surface area (Å²) in [5.74, 6) is -0.578. The molecule has 2 heterocycles. The van der Waals surface area contributed by atoms with Gasteiger partial charge in [0.25, 0.3) is 5.91 Å². The fourth-order valence-electron chi connectivity index (χ4n) is 4.01. The normalized spacial score (nSPS) is 16.9. The van der Waals surface area contributed by atoms with Gasteiger partial charge in [0, 0.05) is 32.2 Å². The molecule has 0 spiro atoms. The quantitative estimate of drug-likeness (QED) is 0.440. The van der Waals surface area contributed by atoms with Gasteiger partial charge in [-0.15, -0.1) is 0 Å². The first kappa shape index (κ1) is 23.9. The number of carbonyl (C=O) groups is 1. The van der Waals surface area contributed by atoms with Crippen LogP contribution in [0, 0.1) is 10.1 Å². The Morgan fingerprint density at radius 2 is 1.79 bits per heavy atom. The number of para-hydroxylation sites is 2. The molecule has 0 radical (unpaired) electrons. The number of amides is 1. The number of rotatable bonds is 8. The summed E-state index contributed by atoms with van der Waals surface area (Å²) in [6, 6.07) is 10.5. The largest absolute Gasteiger partial charge is 0.477 e. The van der Waals surface area contributed by atoms with Gasteiger partial charge in [-0.3, -0.25) is 14.9 Å². The molecule has 182 valence electrons.